The molecular weight excluding hydrogens is 403 g/mol. The Kier molecular flexibility index (Phi) is 3.91. The van der Waals surface area contributed by atoms with Crippen LogP contribution in [-0.2, 0) is 29.8 Å². The van der Waals surface area contributed by atoms with E-state index >= 15 is 0 Å². The zero-order valence-corrected chi connectivity index (χ0v) is 15.5. The molecule has 1 aliphatic heterocycles. The molecule has 2 aromatic rings. The van der Waals surface area contributed by atoms with E-state index in [1.54, 1.807) is 6.07 Å². The molecule has 2 heterocycles. The topological polar surface area (TPSA) is 35.0 Å². The molecule has 1 aromatic carbocycles. The van der Waals surface area contributed by atoms with Gasteiger partial charge >= 0.3 is 0 Å². The summed E-state index contributed by atoms with van der Waals surface area (Å²) in [7, 11) is 0. The Morgan fingerprint density at radius 1 is 1.39 bits per heavy atom. The molecule has 0 amide bonds. The van der Waals surface area contributed by atoms with Crippen molar-refractivity contribution in [1.29, 1.82) is 0 Å². The predicted molar refractivity (Wildman–Crippen MR) is 91.4 cm³/mol. The summed E-state index contributed by atoms with van der Waals surface area (Å²) in [6, 6.07) is 3.73. The Morgan fingerprint density at radius 2 is 2.22 bits per heavy atom. The third-order valence-corrected chi connectivity index (χ3v) is 6.06. The van der Waals surface area contributed by atoms with Crippen LogP contribution in [0, 0.1) is 5.82 Å². The van der Waals surface area contributed by atoms with Gasteiger partial charge in [0.25, 0.3) is 0 Å². The maximum absolute atomic E-state index is 14.7. The molecule has 1 spiro atoms. The summed E-state index contributed by atoms with van der Waals surface area (Å²) in [5.74, 6) is -0.228. The van der Waals surface area contributed by atoms with Crippen LogP contribution in [0.15, 0.2) is 21.8 Å². The van der Waals surface area contributed by atoms with E-state index < -0.39 is 5.60 Å². The lowest BCUT2D eigenvalue weighted by atomic mass is 9.87. The monoisotopic (exact) mass is 414 g/mol. The van der Waals surface area contributed by atoms with Gasteiger partial charge in [0, 0.05) is 17.5 Å². The van der Waals surface area contributed by atoms with Gasteiger partial charge in [-0.15, -0.1) is 0 Å². The fraction of sp³-hybridized carbons (Fsp3) is 0.375. The van der Waals surface area contributed by atoms with Crippen LogP contribution in [0.3, 0.4) is 0 Å². The van der Waals surface area contributed by atoms with Gasteiger partial charge in [-0.2, -0.15) is 0 Å². The van der Waals surface area contributed by atoms with E-state index in [1.807, 2.05) is 12.3 Å². The minimum Gasteiger partial charge on any atom is -0.365 e. The fourth-order valence-corrected chi connectivity index (χ4v) is 4.47. The number of aromatic nitrogens is 2. The highest BCUT2D eigenvalue weighted by atomic mass is 79.9. The molecule has 0 radical (unpaired) electrons. The lowest BCUT2D eigenvalue weighted by Gasteiger charge is -2.35. The van der Waals surface area contributed by atoms with Gasteiger partial charge in [-0.25, -0.2) is 14.4 Å². The normalized spacial score (nSPS) is 22.3. The second-order valence-corrected chi connectivity index (χ2v) is 7.77. The van der Waals surface area contributed by atoms with Crippen molar-refractivity contribution in [3.05, 3.63) is 50.0 Å². The van der Waals surface area contributed by atoms with Crippen LogP contribution in [0.2, 0.25) is 5.15 Å². The number of fused-ring (bicyclic) bond motifs is 3. The van der Waals surface area contributed by atoms with E-state index in [0.717, 1.165) is 29.7 Å². The summed E-state index contributed by atoms with van der Waals surface area (Å²) in [6.45, 7) is 0.314. The van der Waals surface area contributed by atoms with Gasteiger partial charge in [0.15, 0.2) is 5.16 Å². The summed E-state index contributed by atoms with van der Waals surface area (Å²) in [6.07, 6.45) is 4.00. The number of hydrogen-bond donors (Lipinski definition) is 0. The summed E-state index contributed by atoms with van der Waals surface area (Å²) in [4.78, 5) is 8.84. The maximum Gasteiger partial charge on any atom is 0.188 e. The molecule has 120 valence electrons. The smallest absolute Gasteiger partial charge is 0.188 e. The third-order valence-electron chi connectivity index (χ3n) is 4.59. The Balaban J connectivity index is 1.84. The van der Waals surface area contributed by atoms with Gasteiger partial charge in [-0.1, -0.05) is 29.4 Å². The number of rotatable bonds is 1. The largest absolute Gasteiger partial charge is 0.365 e. The molecule has 1 atom stereocenters. The summed E-state index contributed by atoms with van der Waals surface area (Å²) in [5, 5.41) is 1.07. The van der Waals surface area contributed by atoms with E-state index in [1.165, 1.54) is 11.8 Å². The second-order valence-electron chi connectivity index (χ2n) is 5.78. The van der Waals surface area contributed by atoms with E-state index in [-0.39, 0.29) is 5.82 Å². The Bertz CT molecular complexity index is 819. The molecule has 1 unspecified atom stereocenters. The molecule has 2 aliphatic rings. The summed E-state index contributed by atoms with van der Waals surface area (Å²) < 4.78 is 21.4. The molecule has 4 rings (SSSR count). The molecule has 1 aromatic heterocycles. The Hall–Kier alpha value is -0.690. The highest BCUT2D eigenvalue weighted by Gasteiger charge is 2.46. The maximum atomic E-state index is 14.7. The van der Waals surface area contributed by atoms with Crippen LogP contribution in [0.4, 0.5) is 4.39 Å². The first-order valence-electron chi connectivity index (χ1n) is 7.24. The molecule has 0 saturated heterocycles. The van der Waals surface area contributed by atoms with Crippen molar-refractivity contribution in [2.75, 3.05) is 6.26 Å². The molecular formula is C16H13BrClFN2OS. The van der Waals surface area contributed by atoms with Crippen molar-refractivity contribution in [3.63, 3.8) is 0 Å². The van der Waals surface area contributed by atoms with Gasteiger partial charge in [0.05, 0.1) is 16.8 Å². The van der Waals surface area contributed by atoms with E-state index in [9.17, 15) is 4.39 Å². The third kappa shape index (κ3) is 2.42. The minimum atomic E-state index is -0.649. The van der Waals surface area contributed by atoms with Crippen LogP contribution < -0.4 is 0 Å². The Morgan fingerprint density at radius 3 is 3.00 bits per heavy atom. The fourth-order valence-electron chi connectivity index (χ4n) is 3.46. The first-order valence-corrected chi connectivity index (χ1v) is 9.64. The molecule has 3 nitrogen and oxygen atoms in total. The first-order chi connectivity index (χ1) is 11.0. The van der Waals surface area contributed by atoms with E-state index in [2.05, 4.69) is 25.9 Å². The summed E-state index contributed by atoms with van der Waals surface area (Å²) in [5.41, 5.74) is 2.72. The Labute approximate surface area is 151 Å². The van der Waals surface area contributed by atoms with Crippen molar-refractivity contribution in [2.24, 2.45) is 0 Å². The number of ether oxygens (including phenoxy) is 1. The average Bonchev–Trinajstić information content (AvgIpc) is 2.89. The standard InChI is InChI=1S/C16H13BrClFN2OS/c1-23-15-20-11-6-16(22-7-9(11)14(18)21-15)5-4-8-2-3-10(17)13(19)12(8)16/h2-3H,4-7H2,1H3. The van der Waals surface area contributed by atoms with Crippen LogP contribution in [0.25, 0.3) is 0 Å². The van der Waals surface area contributed by atoms with Crippen LogP contribution in [0.5, 0.6) is 0 Å². The van der Waals surface area contributed by atoms with Crippen molar-refractivity contribution < 1.29 is 9.13 Å². The average molecular weight is 416 g/mol. The zero-order valence-electron chi connectivity index (χ0n) is 12.3. The SMILES string of the molecule is CSc1nc(Cl)c2c(n1)CC1(CCc3ccc(Br)c(F)c31)OC2. The number of hydrogen-bond acceptors (Lipinski definition) is 4. The minimum absolute atomic E-state index is 0.228. The van der Waals surface area contributed by atoms with Crippen molar-refractivity contribution in [1.82, 2.24) is 9.97 Å². The van der Waals surface area contributed by atoms with Crippen molar-refractivity contribution >= 4 is 39.3 Å². The van der Waals surface area contributed by atoms with Gasteiger partial charge in [-0.3, -0.25) is 0 Å². The molecule has 0 N–H and O–H groups in total. The lowest BCUT2D eigenvalue weighted by Crippen LogP contribution is -2.35. The second kappa shape index (κ2) is 5.69. The van der Waals surface area contributed by atoms with Crippen LogP contribution in [0.1, 0.15) is 28.8 Å². The van der Waals surface area contributed by atoms with Gasteiger partial charge in [-0.05, 0) is 46.7 Å². The van der Waals surface area contributed by atoms with Crippen molar-refractivity contribution in [2.45, 2.75) is 36.6 Å². The van der Waals surface area contributed by atoms with Crippen molar-refractivity contribution in [3.8, 4) is 0 Å². The molecule has 0 fully saturated rings. The van der Waals surface area contributed by atoms with Gasteiger partial charge in [0.2, 0.25) is 0 Å². The number of aryl methyl sites for hydroxylation is 1. The lowest BCUT2D eigenvalue weighted by molar-refractivity contribution is -0.0752. The van der Waals surface area contributed by atoms with Crippen LogP contribution >= 0.6 is 39.3 Å². The predicted octanol–water partition coefficient (Wildman–Crippen LogP) is 4.67. The molecule has 7 heteroatoms. The zero-order chi connectivity index (χ0) is 16.2. The van der Waals surface area contributed by atoms with E-state index in [4.69, 9.17) is 16.3 Å². The first kappa shape index (κ1) is 15.8. The summed E-state index contributed by atoms with van der Waals surface area (Å²) >= 11 is 11.0. The number of thioether (sulfide) groups is 1. The van der Waals surface area contributed by atoms with Gasteiger partial charge < -0.3 is 4.74 Å². The molecule has 1 aliphatic carbocycles. The van der Waals surface area contributed by atoms with Gasteiger partial charge in [0.1, 0.15) is 16.6 Å². The quantitative estimate of drug-likeness (QED) is 0.385. The highest BCUT2D eigenvalue weighted by molar-refractivity contribution is 9.10. The number of benzene rings is 1. The number of nitrogens with zero attached hydrogens (tertiary/aromatic N) is 2. The molecule has 0 saturated carbocycles. The molecule has 0 bridgehead atoms. The highest BCUT2D eigenvalue weighted by Crippen LogP contribution is 2.48. The van der Waals surface area contributed by atoms with E-state index in [0.29, 0.717) is 33.4 Å². The van der Waals surface area contributed by atoms with Crippen LogP contribution in [-0.4, -0.2) is 16.2 Å². The number of halogens is 3. The molecule has 23 heavy (non-hydrogen) atoms.